The number of aliphatic hydroxyl groups excluding tert-OH is 2. The molecule has 3 rings (SSSR count). The normalized spacial score (nSPS) is 20.8. The van der Waals surface area contributed by atoms with E-state index in [9.17, 15) is 23.4 Å². The summed E-state index contributed by atoms with van der Waals surface area (Å²) in [5.74, 6) is 5.24. The van der Waals surface area contributed by atoms with E-state index in [0.29, 0.717) is 11.3 Å². The largest absolute Gasteiger partial charge is 0.487 e. The Hall–Kier alpha value is -3.10. The number of nitrogens with one attached hydrogen (secondary N) is 1. The van der Waals surface area contributed by atoms with Crippen LogP contribution >= 0.6 is 0 Å². The zero-order valence-corrected chi connectivity index (χ0v) is 21.7. The predicted octanol–water partition coefficient (Wildman–Crippen LogP) is 2.35. The Morgan fingerprint density at radius 3 is 2.58 bits per heavy atom. The number of sulfonamides is 1. The van der Waals surface area contributed by atoms with E-state index in [1.54, 1.807) is 32.2 Å². The van der Waals surface area contributed by atoms with Crippen molar-refractivity contribution in [2.45, 2.75) is 43.9 Å². The zero-order valence-electron chi connectivity index (χ0n) is 20.9. The maximum atomic E-state index is 13.5. The van der Waals surface area contributed by atoms with Crippen LogP contribution < -0.4 is 10.1 Å². The van der Waals surface area contributed by atoms with Crippen LogP contribution in [0, 0.1) is 17.8 Å². The summed E-state index contributed by atoms with van der Waals surface area (Å²) in [6.07, 6.45) is -1.40. The number of anilines is 1. The average Bonchev–Trinajstić information content (AvgIpc) is 2.84. The molecule has 194 valence electrons. The summed E-state index contributed by atoms with van der Waals surface area (Å²) in [4.78, 5) is 14.2. The molecule has 9 nitrogen and oxygen atoms in total. The molecule has 0 unspecified atom stereocenters. The highest BCUT2D eigenvalue weighted by atomic mass is 32.2. The van der Waals surface area contributed by atoms with Crippen molar-refractivity contribution in [3.8, 4) is 17.6 Å². The molecule has 2 amide bonds. The molecule has 36 heavy (non-hydrogen) atoms. The summed E-state index contributed by atoms with van der Waals surface area (Å²) in [7, 11) is -2.34. The monoisotopic (exact) mass is 515 g/mol. The lowest BCUT2D eigenvalue weighted by Crippen LogP contribution is -2.50. The number of benzene rings is 2. The molecule has 0 spiro atoms. The number of fused-ring (bicyclic) bond motifs is 1. The molecule has 3 N–H and O–H groups in total. The van der Waals surface area contributed by atoms with Crippen LogP contribution in [0.15, 0.2) is 53.4 Å². The van der Waals surface area contributed by atoms with Crippen LogP contribution in [0.3, 0.4) is 0 Å². The lowest BCUT2D eigenvalue weighted by atomic mass is 10.0. The molecule has 1 aliphatic heterocycles. The highest BCUT2D eigenvalue weighted by Crippen LogP contribution is 2.34. The maximum Gasteiger partial charge on any atom is 0.321 e. The first-order valence-corrected chi connectivity index (χ1v) is 13.2. The first kappa shape index (κ1) is 27.5. The van der Waals surface area contributed by atoms with Crippen LogP contribution in [0.5, 0.6) is 5.75 Å². The molecule has 0 aromatic heterocycles. The molecule has 2 aromatic rings. The van der Waals surface area contributed by atoms with E-state index in [-0.39, 0.29) is 42.3 Å². The fourth-order valence-corrected chi connectivity index (χ4v) is 5.63. The standard InChI is InChI=1S/C26H33N3O6S/c1-18-15-29(19(2)17-30)36(33,34)25-13-12-21(11-10-20(3)31)14-23(25)35-24(18)16-28(4)26(32)27-22-8-6-5-7-9-22/h5-9,12-14,18-20,24,30-31H,15-17H2,1-4H3,(H,27,32)/t18-,19+,20+,24-/m1/s1. The van der Waals surface area contributed by atoms with Gasteiger partial charge in [-0.15, -0.1) is 0 Å². The van der Waals surface area contributed by atoms with Crippen molar-refractivity contribution in [3.05, 3.63) is 54.1 Å². The van der Waals surface area contributed by atoms with Gasteiger partial charge < -0.3 is 25.2 Å². The van der Waals surface area contributed by atoms with Crippen LogP contribution in [-0.4, -0.2) is 78.9 Å². The predicted molar refractivity (Wildman–Crippen MR) is 137 cm³/mol. The van der Waals surface area contributed by atoms with Gasteiger partial charge in [-0.2, -0.15) is 4.31 Å². The first-order chi connectivity index (χ1) is 17.0. The van der Waals surface area contributed by atoms with Crippen molar-refractivity contribution in [2.24, 2.45) is 5.92 Å². The number of ether oxygens (including phenoxy) is 1. The Labute approximate surface area is 212 Å². The van der Waals surface area contributed by atoms with Crippen molar-refractivity contribution in [3.63, 3.8) is 0 Å². The number of carbonyl (C=O) groups is 1. The molecule has 10 heteroatoms. The first-order valence-electron chi connectivity index (χ1n) is 11.7. The van der Waals surface area contributed by atoms with Gasteiger partial charge in [0.15, 0.2) is 0 Å². The van der Waals surface area contributed by atoms with Gasteiger partial charge in [0.1, 0.15) is 22.9 Å². The van der Waals surface area contributed by atoms with Gasteiger partial charge in [-0.1, -0.05) is 37.0 Å². The van der Waals surface area contributed by atoms with E-state index in [1.807, 2.05) is 25.1 Å². The summed E-state index contributed by atoms with van der Waals surface area (Å²) < 4.78 is 34.6. The third-order valence-corrected chi connectivity index (χ3v) is 7.94. The third kappa shape index (κ3) is 6.56. The topological polar surface area (TPSA) is 119 Å². The number of urea groups is 1. The summed E-state index contributed by atoms with van der Waals surface area (Å²) in [6.45, 7) is 4.97. The van der Waals surface area contributed by atoms with E-state index in [2.05, 4.69) is 17.2 Å². The molecule has 1 aliphatic rings. The summed E-state index contributed by atoms with van der Waals surface area (Å²) >= 11 is 0. The molecule has 2 aromatic carbocycles. The van der Waals surface area contributed by atoms with Gasteiger partial charge in [0.05, 0.1) is 13.2 Å². The Morgan fingerprint density at radius 2 is 1.94 bits per heavy atom. The van der Waals surface area contributed by atoms with Gasteiger partial charge in [0.25, 0.3) is 0 Å². The number of carbonyl (C=O) groups excluding carboxylic acids is 1. The number of hydrogen-bond acceptors (Lipinski definition) is 6. The van der Waals surface area contributed by atoms with Crippen molar-refractivity contribution >= 4 is 21.7 Å². The van der Waals surface area contributed by atoms with Crippen molar-refractivity contribution in [1.82, 2.24) is 9.21 Å². The third-order valence-electron chi connectivity index (χ3n) is 5.92. The minimum atomic E-state index is -3.99. The fraction of sp³-hybridized carbons (Fsp3) is 0.423. The van der Waals surface area contributed by atoms with E-state index >= 15 is 0 Å². The second kappa shape index (κ2) is 11.8. The second-order valence-electron chi connectivity index (χ2n) is 9.02. The maximum absolute atomic E-state index is 13.5. The summed E-state index contributed by atoms with van der Waals surface area (Å²) in [6, 6.07) is 12.6. The molecule has 0 radical (unpaired) electrons. The number of likely N-dealkylation sites (N-methyl/N-ethyl adjacent to an activating group) is 1. The molecular formula is C26H33N3O6S. The lowest BCUT2D eigenvalue weighted by Gasteiger charge is -2.37. The molecule has 1 heterocycles. The highest BCUT2D eigenvalue weighted by molar-refractivity contribution is 7.89. The number of aliphatic hydroxyl groups is 2. The molecule has 0 bridgehead atoms. The molecule has 0 saturated carbocycles. The van der Waals surface area contributed by atoms with Crippen LogP contribution in [-0.2, 0) is 10.0 Å². The van der Waals surface area contributed by atoms with Gasteiger partial charge >= 0.3 is 6.03 Å². The molecule has 0 aliphatic carbocycles. The number of nitrogens with zero attached hydrogens (tertiary/aromatic N) is 2. The zero-order chi connectivity index (χ0) is 26.5. The van der Waals surface area contributed by atoms with Gasteiger partial charge in [-0.3, -0.25) is 0 Å². The van der Waals surface area contributed by atoms with Crippen molar-refractivity contribution < 1.29 is 28.2 Å². The Balaban J connectivity index is 1.96. The summed E-state index contributed by atoms with van der Waals surface area (Å²) in [5.41, 5.74) is 1.13. The average molecular weight is 516 g/mol. The highest BCUT2D eigenvalue weighted by Gasteiger charge is 2.38. The van der Waals surface area contributed by atoms with Crippen LogP contribution in [0.4, 0.5) is 10.5 Å². The molecular weight excluding hydrogens is 482 g/mol. The van der Waals surface area contributed by atoms with Gasteiger partial charge in [0.2, 0.25) is 10.0 Å². The fourth-order valence-electron chi connectivity index (χ4n) is 3.80. The van der Waals surface area contributed by atoms with E-state index < -0.39 is 28.3 Å². The molecule has 0 saturated heterocycles. The molecule has 0 fully saturated rings. The van der Waals surface area contributed by atoms with Crippen LogP contribution in [0.2, 0.25) is 0 Å². The van der Waals surface area contributed by atoms with E-state index in [0.717, 1.165) is 0 Å². The van der Waals surface area contributed by atoms with Crippen molar-refractivity contribution in [1.29, 1.82) is 0 Å². The molecule has 4 atom stereocenters. The van der Waals surface area contributed by atoms with E-state index in [1.165, 1.54) is 28.3 Å². The summed E-state index contributed by atoms with van der Waals surface area (Å²) in [5, 5.41) is 22.1. The number of para-hydroxylation sites is 1. The van der Waals surface area contributed by atoms with Crippen LogP contribution in [0.25, 0.3) is 0 Å². The lowest BCUT2D eigenvalue weighted by molar-refractivity contribution is 0.0830. The number of hydrogen-bond donors (Lipinski definition) is 3. The minimum Gasteiger partial charge on any atom is -0.487 e. The number of amides is 2. The Morgan fingerprint density at radius 1 is 1.25 bits per heavy atom. The number of rotatable bonds is 5. The van der Waals surface area contributed by atoms with Gasteiger partial charge in [0, 0.05) is 36.8 Å². The Kier molecular flexibility index (Phi) is 8.98. The van der Waals surface area contributed by atoms with Gasteiger partial charge in [-0.05, 0) is 44.2 Å². The van der Waals surface area contributed by atoms with Crippen molar-refractivity contribution in [2.75, 3.05) is 32.1 Å². The smallest absolute Gasteiger partial charge is 0.321 e. The van der Waals surface area contributed by atoms with E-state index in [4.69, 9.17) is 4.74 Å². The van der Waals surface area contributed by atoms with Crippen LogP contribution in [0.1, 0.15) is 26.3 Å². The SMILES string of the molecule is C[C@H](O)C#Cc1ccc2c(c1)O[C@H](CN(C)C(=O)Nc1ccccc1)[C@H](C)CN([C@@H](C)CO)S2(=O)=O. The quantitative estimate of drug-likeness (QED) is 0.526. The Bertz CT molecular complexity index is 1220. The minimum absolute atomic E-state index is 0.0429. The second-order valence-corrected chi connectivity index (χ2v) is 10.9. The van der Waals surface area contributed by atoms with Gasteiger partial charge in [-0.25, -0.2) is 13.2 Å².